The number of aromatic hydroxyl groups is 1. The number of amides is 1. The average Bonchev–Trinajstić information content (AvgIpc) is 3.22. The lowest BCUT2D eigenvalue weighted by Crippen LogP contribution is -2.37. The largest absolute Gasteiger partial charge is 0.505 e. The van der Waals surface area contributed by atoms with E-state index in [1.807, 2.05) is 0 Å². The lowest BCUT2D eigenvalue weighted by molar-refractivity contribution is -0.434. The molecule has 60 heavy (non-hydrogen) atoms. The maximum Gasteiger partial charge on any atom is 0.315 e. The third-order valence-corrected chi connectivity index (χ3v) is 11.8. The molecular formula is C32H29FN8O15S4. The summed E-state index contributed by atoms with van der Waals surface area (Å²) < 4.78 is 94.5. The number of nitrogens with zero attached hydrogens (tertiary/aromatic N) is 6. The molecular weight excluding hydrogens is 884 g/mol. The number of morpholine rings is 1. The van der Waals surface area contributed by atoms with Crippen LogP contribution in [0.2, 0.25) is 0 Å². The van der Waals surface area contributed by atoms with Crippen molar-refractivity contribution in [1.82, 2.24) is 15.0 Å². The van der Waals surface area contributed by atoms with E-state index in [-0.39, 0.29) is 85.8 Å². The number of phenols is 1. The molecule has 0 atom stereocenters. The van der Waals surface area contributed by atoms with Gasteiger partial charge in [-0.1, -0.05) is 16.1 Å². The van der Waals surface area contributed by atoms with Crippen LogP contribution in [0.5, 0.6) is 5.75 Å². The van der Waals surface area contributed by atoms with Crippen molar-refractivity contribution in [3.8, 4) is 5.75 Å². The number of rotatable bonds is 18. The number of carbonyl (C=O) groups is 1. The molecule has 1 aliphatic rings. The van der Waals surface area contributed by atoms with Gasteiger partial charge in [-0.15, -0.1) is 13.8 Å². The van der Waals surface area contributed by atoms with Crippen molar-refractivity contribution in [3.05, 3.63) is 78.4 Å². The Morgan fingerprint density at radius 1 is 0.933 bits per heavy atom. The summed E-state index contributed by atoms with van der Waals surface area (Å²) in [5.41, 5.74) is -0.171. The summed E-state index contributed by atoms with van der Waals surface area (Å²) in [5, 5.41) is 48.2. The molecule has 4 aromatic carbocycles. The topological polar surface area (TPSA) is 312 Å². The zero-order chi connectivity index (χ0) is 42.9. The number of anilines is 4. The van der Waals surface area contributed by atoms with Gasteiger partial charge in [0.25, 0.3) is 16.0 Å². The minimum atomic E-state index is -5.12. The highest BCUT2D eigenvalue weighted by Crippen LogP contribution is 2.47. The highest BCUT2D eigenvalue weighted by molar-refractivity contribution is 7.94. The molecule has 6 N–H and O–H groups in total. The van der Waals surface area contributed by atoms with E-state index in [4.69, 9.17) is 19.4 Å². The van der Waals surface area contributed by atoms with Crippen molar-refractivity contribution in [2.24, 2.45) is 10.2 Å². The number of fused-ring (bicyclic) bond motifs is 1. The molecule has 318 valence electrons. The van der Waals surface area contributed by atoms with Crippen LogP contribution >= 0.6 is 24.4 Å². The summed E-state index contributed by atoms with van der Waals surface area (Å²) in [5.74, 6) is -2.17. The zero-order valence-electron chi connectivity index (χ0n) is 30.1. The first kappa shape index (κ1) is 44.3. The number of benzene rings is 4. The molecule has 6 rings (SSSR count). The molecule has 0 aliphatic carbocycles. The fraction of sp³-hybridized carbons (Fsp3) is 0.188. The average molecular weight is 913 g/mol. The molecule has 0 bridgehead atoms. The SMILES string of the molecule is O=C(Nc1cccc(S(=O)(=O)CCOSOOO)c1)c1ccc(N=Nc2c(SOOO)cc3c(S(=O)(=O)O)c(Nc4nc(F)nc(N5CCOCC5)n4)ccc3c2O)cc1. The second kappa shape index (κ2) is 19.9. The molecule has 1 amide bonds. The number of azo groups is 1. The Labute approximate surface area is 346 Å². The van der Waals surface area contributed by atoms with E-state index in [9.17, 15) is 35.7 Å². The predicted molar refractivity (Wildman–Crippen MR) is 208 cm³/mol. The summed E-state index contributed by atoms with van der Waals surface area (Å²) in [4.78, 5) is 25.0. The van der Waals surface area contributed by atoms with Crippen molar-refractivity contribution >= 4 is 95.6 Å². The first-order chi connectivity index (χ1) is 28.8. The van der Waals surface area contributed by atoms with Gasteiger partial charge in [-0.25, -0.2) is 18.9 Å². The number of aromatic nitrogens is 3. The van der Waals surface area contributed by atoms with E-state index in [1.165, 1.54) is 54.6 Å². The van der Waals surface area contributed by atoms with E-state index >= 15 is 0 Å². The van der Waals surface area contributed by atoms with Gasteiger partial charge in [0.1, 0.15) is 10.6 Å². The van der Waals surface area contributed by atoms with Crippen LogP contribution in [0.1, 0.15) is 10.4 Å². The van der Waals surface area contributed by atoms with Crippen molar-refractivity contribution in [2.75, 3.05) is 54.2 Å². The molecule has 23 nitrogen and oxygen atoms in total. The Morgan fingerprint density at radius 2 is 1.68 bits per heavy atom. The van der Waals surface area contributed by atoms with Crippen LogP contribution in [0.15, 0.2) is 91.6 Å². The molecule has 1 aromatic heterocycles. The molecule has 0 radical (unpaired) electrons. The Balaban J connectivity index is 1.24. The monoisotopic (exact) mass is 912 g/mol. The Bertz CT molecular complexity index is 2610. The van der Waals surface area contributed by atoms with Crippen LogP contribution in [-0.2, 0) is 47.6 Å². The molecule has 28 heteroatoms. The first-order valence-corrected chi connectivity index (χ1v) is 21.2. The van der Waals surface area contributed by atoms with Crippen LogP contribution < -0.4 is 15.5 Å². The number of hydrogen-bond donors (Lipinski definition) is 6. The Morgan fingerprint density at radius 3 is 2.40 bits per heavy atom. The molecule has 1 saturated heterocycles. The van der Waals surface area contributed by atoms with Crippen LogP contribution in [0.4, 0.5) is 39.0 Å². The van der Waals surface area contributed by atoms with E-state index in [2.05, 4.69) is 54.6 Å². The van der Waals surface area contributed by atoms with Gasteiger partial charge in [0.2, 0.25) is 11.9 Å². The van der Waals surface area contributed by atoms with Gasteiger partial charge in [-0.3, -0.25) is 13.5 Å². The summed E-state index contributed by atoms with van der Waals surface area (Å²) in [6, 6.07) is 14.6. The highest BCUT2D eigenvalue weighted by Gasteiger charge is 2.26. The number of nitrogens with one attached hydrogen (secondary N) is 2. The number of halogens is 1. The lowest BCUT2D eigenvalue weighted by atomic mass is 10.1. The van der Waals surface area contributed by atoms with Crippen molar-refractivity contribution in [2.45, 2.75) is 14.7 Å². The molecule has 5 aromatic rings. The molecule has 1 fully saturated rings. The summed E-state index contributed by atoms with van der Waals surface area (Å²) in [6.45, 7) is 1.08. The third-order valence-electron chi connectivity index (χ3n) is 8.12. The zero-order valence-corrected chi connectivity index (χ0v) is 33.3. The number of phenolic OH excluding ortho intramolecular Hbond substituents is 1. The number of sulfone groups is 1. The number of carbonyl (C=O) groups excluding carboxylic acids is 1. The Hall–Kier alpha value is -5.21. The number of hydrogen-bond acceptors (Lipinski definition) is 23. The second-order valence-electron chi connectivity index (χ2n) is 11.8. The van der Waals surface area contributed by atoms with Gasteiger partial charge in [-0.2, -0.15) is 32.9 Å². The summed E-state index contributed by atoms with van der Waals surface area (Å²) >= 11 is 0.510. The van der Waals surface area contributed by atoms with Crippen LogP contribution in [0.25, 0.3) is 10.8 Å². The van der Waals surface area contributed by atoms with E-state index in [0.717, 1.165) is 12.1 Å². The number of ether oxygens (including phenoxy) is 1. The third kappa shape index (κ3) is 11.1. The quantitative estimate of drug-likeness (QED) is 0.0156. The van der Waals surface area contributed by atoms with Crippen molar-refractivity contribution in [1.29, 1.82) is 0 Å². The van der Waals surface area contributed by atoms with E-state index in [0.29, 0.717) is 26.3 Å². The molecule has 1 aliphatic heterocycles. The van der Waals surface area contributed by atoms with Crippen LogP contribution in [-0.4, -0.2) is 96.5 Å². The molecule has 0 unspecified atom stereocenters. The highest BCUT2D eigenvalue weighted by atomic mass is 32.2. The van der Waals surface area contributed by atoms with E-state index < -0.39 is 54.3 Å². The van der Waals surface area contributed by atoms with Crippen LogP contribution in [0, 0.1) is 6.08 Å². The maximum atomic E-state index is 14.5. The molecule has 2 heterocycles. The maximum absolute atomic E-state index is 14.5. The van der Waals surface area contributed by atoms with Gasteiger partial charge < -0.3 is 25.4 Å². The van der Waals surface area contributed by atoms with Gasteiger partial charge in [-0.05, 0) is 60.7 Å². The van der Waals surface area contributed by atoms with Crippen LogP contribution in [0.3, 0.4) is 0 Å². The van der Waals surface area contributed by atoms with Gasteiger partial charge >= 0.3 is 6.08 Å². The fourth-order valence-electron chi connectivity index (χ4n) is 5.49. The minimum Gasteiger partial charge on any atom is -0.505 e. The summed E-state index contributed by atoms with van der Waals surface area (Å²) in [7, 11) is -8.96. The van der Waals surface area contributed by atoms with Gasteiger partial charge in [0.05, 0.1) is 58.8 Å². The Kier molecular flexibility index (Phi) is 14.7. The smallest absolute Gasteiger partial charge is 0.315 e. The lowest BCUT2D eigenvalue weighted by Gasteiger charge is -2.26. The van der Waals surface area contributed by atoms with Crippen molar-refractivity contribution in [3.63, 3.8) is 0 Å². The van der Waals surface area contributed by atoms with E-state index in [1.54, 1.807) is 4.90 Å². The van der Waals surface area contributed by atoms with Gasteiger partial charge in [0, 0.05) is 35.1 Å². The first-order valence-electron chi connectivity index (χ1n) is 16.7. The predicted octanol–water partition coefficient (Wildman–Crippen LogP) is 5.57. The van der Waals surface area contributed by atoms with Crippen molar-refractivity contribution < 1.29 is 73.9 Å². The summed E-state index contributed by atoms with van der Waals surface area (Å²) in [6.07, 6.45) is -1.17. The second-order valence-corrected chi connectivity index (χ2v) is 16.6. The normalized spacial score (nSPS) is 13.6. The fourth-order valence-corrected chi connectivity index (χ4v) is 8.27. The molecule has 0 saturated carbocycles. The minimum absolute atomic E-state index is 0.0489. The van der Waals surface area contributed by atoms with Gasteiger partial charge in [0.15, 0.2) is 27.9 Å². The standard InChI is InChI=1S/C32H29FN8O15S4/c33-30-36-31(38-32(37-30)41-10-12-51-13-11-41)35-24-9-8-22-23(28(24)60(48,49)50)17-25(57-55-53-44)26(27(22)42)40-39-19-6-4-18(5-7-19)29(43)34-20-2-1-3-21(16-20)59(46,47)15-14-52-58-56-54-45/h1-9,16-17,42,44-45H,10-15H2,(H,34,43)(H,48,49,50)(H,35,36,37,38). The molecule has 0 spiro atoms.